The molecule has 1 N–H and O–H groups in total. The van der Waals surface area contributed by atoms with Crippen LogP contribution in [-0.4, -0.2) is 26.4 Å². The summed E-state index contributed by atoms with van der Waals surface area (Å²) in [5, 5.41) is 12.7. The smallest absolute Gasteiger partial charge is 0.234 e. The number of carbonyl (C=O) groups excluding carboxylic acids is 1. The fourth-order valence-corrected chi connectivity index (χ4v) is 4.18. The van der Waals surface area contributed by atoms with Crippen LogP contribution in [0.3, 0.4) is 0 Å². The SMILES string of the molecule is Cc1cc(C)c(NC(=O)CSc2nnc(C3CC3)n2C2CC2)c(C)c1. The number of amides is 1. The van der Waals surface area contributed by atoms with Gasteiger partial charge in [-0.1, -0.05) is 29.5 Å². The molecule has 0 unspecified atom stereocenters. The van der Waals surface area contributed by atoms with Gasteiger partial charge < -0.3 is 9.88 Å². The molecule has 1 aromatic heterocycles. The second-order valence-corrected chi connectivity index (χ2v) is 8.27. The van der Waals surface area contributed by atoms with E-state index in [-0.39, 0.29) is 5.91 Å². The van der Waals surface area contributed by atoms with Crippen LogP contribution in [0.25, 0.3) is 0 Å². The molecule has 25 heavy (non-hydrogen) atoms. The molecule has 4 rings (SSSR count). The highest BCUT2D eigenvalue weighted by Gasteiger charge is 2.36. The van der Waals surface area contributed by atoms with Crippen molar-refractivity contribution in [2.24, 2.45) is 0 Å². The molecule has 2 saturated carbocycles. The number of benzene rings is 1. The topological polar surface area (TPSA) is 59.8 Å². The predicted molar refractivity (Wildman–Crippen MR) is 100 cm³/mol. The molecule has 0 bridgehead atoms. The fraction of sp³-hybridized carbons (Fsp3) is 0.526. The molecule has 0 aliphatic heterocycles. The quantitative estimate of drug-likeness (QED) is 0.790. The zero-order chi connectivity index (χ0) is 17.6. The fourth-order valence-electron chi connectivity index (χ4n) is 3.37. The first-order valence-electron chi connectivity index (χ1n) is 8.98. The largest absolute Gasteiger partial charge is 0.325 e. The predicted octanol–water partition coefficient (Wildman–Crippen LogP) is 4.15. The number of thioether (sulfide) groups is 1. The Bertz CT molecular complexity index is 798. The molecule has 0 radical (unpaired) electrons. The number of nitrogens with zero attached hydrogens (tertiary/aromatic N) is 3. The third-order valence-electron chi connectivity index (χ3n) is 4.82. The van der Waals surface area contributed by atoms with E-state index < -0.39 is 0 Å². The molecule has 1 amide bonds. The van der Waals surface area contributed by atoms with Gasteiger partial charge in [0, 0.05) is 17.6 Å². The van der Waals surface area contributed by atoms with Gasteiger partial charge in [0.1, 0.15) is 5.82 Å². The van der Waals surface area contributed by atoms with Crippen LogP contribution in [0.5, 0.6) is 0 Å². The first-order valence-corrected chi connectivity index (χ1v) is 9.97. The third kappa shape index (κ3) is 3.59. The standard InChI is InChI=1S/C19H24N4OS/c1-11-8-12(2)17(13(3)9-11)20-16(24)10-25-19-22-21-18(14-4-5-14)23(19)15-6-7-15/h8-9,14-15H,4-7,10H2,1-3H3,(H,20,24). The summed E-state index contributed by atoms with van der Waals surface area (Å²) in [4.78, 5) is 12.4. The minimum Gasteiger partial charge on any atom is -0.325 e. The number of aromatic nitrogens is 3. The Labute approximate surface area is 152 Å². The number of aryl methyl sites for hydroxylation is 3. The van der Waals surface area contributed by atoms with E-state index in [4.69, 9.17) is 0 Å². The number of nitrogens with one attached hydrogen (secondary N) is 1. The van der Waals surface area contributed by atoms with Gasteiger partial charge in [-0.3, -0.25) is 4.79 Å². The Balaban J connectivity index is 1.43. The summed E-state index contributed by atoms with van der Waals surface area (Å²) in [5.74, 6) is 2.10. The van der Waals surface area contributed by atoms with Gasteiger partial charge in [0.25, 0.3) is 0 Å². The molecule has 1 aromatic carbocycles. The van der Waals surface area contributed by atoms with Gasteiger partial charge in [-0.25, -0.2) is 0 Å². The normalized spacial score (nSPS) is 16.9. The molecule has 0 saturated heterocycles. The molecule has 2 aliphatic carbocycles. The second kappa shape index (κ2) is 6.48. The molecule has 2 aromatic rings. The Hall–Kier alpha value is -1.82. The molecule has 132 valence electrons. The molecule has 2 fully saturated rings. The van der Waals surface area contributed by atoms with Crippen molar-refractivity contribution in [2.45, 2.75) is 63.6 Å². The van der Waals surface area contributed by atoms with E-state index >= 15 is 0 Å². The maximum atomic E-state index is 12.4. The lowest BCUT2D eigenvalue weighted by Crippen LogP contribution is -2.16. The van der Waals surface area contributed by atoms with Crippen LogP contribution in [0.2, 0.25) is 0 Å². The summed E-state index contributed by atoms with van der Waals surface area (Å²) in [7, 11) is 0. The van der Waals surface area contributed by atoms with Gasteiger partial charge in [0.15, 0.2) is 5.16 Å². The summed E-state index contributed by atoms with van der Waals surface area (Å²) < 4.78 is 2.29. The molecule has 6 heteroatoms. The summed E-state index contributed by atoms with van der Waals surface area (Å²) in [6, 6.07) is 4.75. The van der Waals surface area contributed by atoms with E-state index in [2.05, 4.69) is 39.1 Å². The van der Waals surface area contributed by atoms with Crippen LogP contribution >= 0.6 is 11.8 Å². The molecule has 5 nitrogen and oxygen atoms in total. The van der Waals surface area contributed by atoms with Gasteiger partial charge in [0.05, 0.1) is 5.75 Å². The summed E-state index contributed by atoms with van der Waals surface area (Å²) in [6.45, 7) is 6.15. The Morgan fingerprint density at radius 2 is 1.84 bits per heavy atom. The second-order valence-electron chi connectivity index (χ2n) is 7.33. The number of hydrogen-bond acceptors (Lipinski definition) is 4. The van der Waals surface area contributed by atoms with Crippen molar-refractivity contribution in [2.75, 3.05) is 11.1 Å². The average Bonchev–Trinajstić information content (AvgIpc) is 3.47. The van der Waals surface area contributed by atoms with Gasteiger partial charge in [-0.05, 0) is 57.6 Å². The van der Waals surface area contributed by atoms with Crippen LogP contribution in [0.15, 0.2) is 17.3 Å². The Morgan fingerprint density at radius 3 is 2.44 bits per heavy atom. The molecule has 1 heterocycles. The lowest BCUT2D eigenvalue weighted by atomic mass is 10.1. The minimum absolute atomic E-state index is 0.0124. The van der Waals surface area contributed by atoms with Crippen molar-refractivity contribution in [1.82, 2.24) is 14.8 Å². The highest BCUT2D eigenvalue weighted by molar-refractivity contribution is 7.99. The van der Waals surface area contributed by atoms with E-state index in [1.165, 1.54) is 43.0 Å². The number of rotatable bonds is 6. The maximum absolute atomic E-state index is 12.4. The van der Waals surface area contributed by atoms with Crippen molar-refractivity contribution in [3.63, 3.8) is 0 Å². The van der Waals surface area contributed by atoms with E-state index in [0.717, 1.165) is 27.8 Å². The highest BCUT2D eigenvalue weighted by Crippen LogP contribution is 2.46. The maximum Gasteiger partial charge on any atom is 0.234 e. The number of carbonyl (C=O) groups is 1. The Kier molecular flexibility index (Phi) is 4.31. The van der Waals surface area contributed by atoms with Crippen LogP contribution in [0, 0.1) is 20.8 Å². The van der Waals surface area contributed by atoms with Crippen LogP contribution < -0.4 is 5.32 Å². The van der Waals surface area contributed by atoms with Gasteiger partial charge in [-0.15, -0.1) is 10.2 Å². The number of hydrogen-bond donors (Lipinski definition) is 1. The highest BCUT2D eigenvalue weighted by atomic mass is 32.2. The van der Waals surface area contributed by atoms with Gasteiger partial charge in [0.2, 0.25) is 5.91 Å². The average molecular weight is 356 g/mol. The Morgan fingerprint density at radius 1 is 1.16 bits per heavy atom. The first kappa shape index (κ1) is 16.6. The minimum atomic E-state index is 0.0124. The zero-order valence-electron chi connectivity index (χ0n) is 15.0. The van der Waals surface area contributed by atoms with Crippen LogP contribution in [0.4, 0.5) is 5.69 Å². The van der Waals surface area contributed by atoms with Gasteiger partial charge in [-0.2, -0.15) is 0 Å². The van der Waals surface area contributed by atoms with E-state index in [9.17, 15) is 4.79 Å². The van der Waals surface area contributed by atoms with Crippen molar-refractivity contribution >= 4 is 23.4 Å². The van der Waals surface area contributed by atoms with Crippen molar-refractivity contribution in [3.8, 4) is 0 Å². The molecule has 0 atom stereocenters. The van der Waals surface area contributed by atoms with Gasteiger partial charge >= 0.3 is 0 Å². The summed E-state index contributed by atoms with van der Waals surface area (Å²) >= 11 is 1.50. The van der Waals surface area contributed by atoms with Crippen LogP contribution in [0.1, 0.15) is 60.2 Å². The number of anilines is 1. The lowest BCUT2D eigenvalue weighted by Gasteiger charge is -2.13. The van der Waals surface area contributed by atoms with Crippen molar-refractivity contribution in [1.29, 1.82) is 0 Å². The van der Waals surface area contributed by atoms with Crippen LogP contribution in [-0.2, 0) is 4.79 Å². The molecular weight excluding hydrogens is 332 g/mol. The molecular formula is C19H24N4OS. The third-order valence-corrected chi connectivity index (χ3v) is 5.76. The molecule has 2 aliphatic rings. The lowest BCUT2D eigenvalue weighted by molar-refractivity contribution is -0.113. The van der Waals surface area contributed by atoms with Crippen molar-refractivity contribution in [3.05, 3.63) is 34.6 Å². The molecule has 0 spiro atoms. The van der Waals surface area contributed by atoms with Crippen molar-refractivity contribution < 1.29 is 4.79 Å². The first-order chi connectivity index (χ1) is 12.0. The summed E-state index contributed by atoms with van der Waals surface area (Å²) in [6.07, 6.45) is 4.86. The van der Waals surface area contributed by atoms with E-state index in [1.807, 2.05) is 13.8 Å². The van der Waals surface area contributed by atoms with E-state index in [1.54, 1.807) is 0 Å². The zero-order valence-corrected chi connectivity index (χ0v) is 15.8. The summed E-state index contributed by atoms with van der Waals surface area (Å²) in [5.41, 5.74) is 4.35. The van der Waals surface area contributed by atoms with E-state index in [0.29, 0.717) is 17.7 Å². The monoisotopic (exact) mass is 356 g/mol.